The minimum atomic E-state index is -0.551. The molecule has 0 aliphatic heterocycles. The topological polar surface area (TPSA) is 101 Å². The van der Waals surface area contributed by atoms with Crippen LogP contribution in [-0.4, -0.2) is 45.2 Å². The van der Waals surface area contributed by atoms with Crippen molar-refractivity contribution in [3.63, 3.8) is 0 Å². The minimum Gasteiger partial charge on any atom is -0.481 e. The second-order valence-electron chi connectivity index (χ2n) is 5.93. The average Bonchev–Trinajstić information content (AvgIpc) is 3.19. The van der Waals surface area contributed by atoms with Gasteiger partial charge in [-0.3, -0.25) is 4.68 Å². The number of rotatable bonds is 5. The summed E-state index contributed by atoms with van der Waals surface area (Å²) in [6.45, 7) is 0.742. The van der Waals surface area contributed by atoms with E-state index >= 15 is 0 Å². The summed E-state index contributed by atoms with van der Waals surface area (Å²) >= 11 is 0. The highest BCUT2D eigenvalue weighted by Gasteiger charge is 2.34. The quantitative estimate of drug-likeness (QED) is 0.765. The van der Waals surface area contributed by atoms with Crippen LogP contribution in [0.15, 0.2) is 36.8 Å². The van der Waals surface area contributed by atoms with E-state index in [4.69, 9.17) is 4.74 Å². The molecule has 0 aromatic carbocycles. The van der Waals surface area contributed by atoms with Crippen molar-refractivity contribution in [1.29, 1.82) is 0 Å². The fraction of sp³-hybridized carbons (Fsp3) is 0.438. The highest BCUT2D eigenvalue weighted by Crippen LogP contribution is 2.27. The van der Waals surface area contributed by atoms with E-state index in [-0.39, 0.29) is 18.0 Å². The molecule has 1 aliphatic carbocycles. The molecule has 2 amide bonds. The molecule has 3 rings (SSSR count). The maximum absolute atomic E-state index is 12.1. The lowest BCUT2D eigenvalue weighted by Crippen LogP contribution is -2.42. The summed E-state index contributed by atoms with van der Waals surface area (Å²) in [5.41, 5.74) is 0.564. The zero-order chi connectivity index (χ0) is 16.9. The summed E-state index contributed by atoms with van der Waals surface area (Å²) in [5.74, 6) is 0.765. The molecule has 0 spiro atoms. The summed E-state index contributed by atoms with van der Waals surface area (Å²) in [6.07, 6.45) is 5.97. The Labute approximate surface area is 139 Å². The van der Waals surface area contributed by atoms with E-state index in [0.717, 1.165) is 13.0 Å². The molecule has 3 N–H and O–H groups in total. The van der Waals surface area contributed by atoms with Gasteiger partial charge in [-0.1, -0.05) is 0 Å². The number of aromatic nitrogens is 3. The summed E-state index contributed by atoms with van der Waals surface area (Å²) in [4.78, 5) is 16.1. The number of carbonyl (C=O) groups excluding carboxylic acids is 1. The first-order chi connectivity index (χ1) is 11.6. The zero-order valence-electron chi connectivity index (χ0n) is 13.4. The molecule has 8 heteroatoms. The smallest absolute Gasteiger partial charge is 0.319 e. The van der Waals surface area contributed by atoms with E-state index in [9.17, 15) is 9.90 Å². The molecule has 1 saturated carbocycles. The van der Waals surface area contributed by atoms with Crippen LogP contribution in [0.2, 0.25) is 0 Å². The van der Waals surface area contributed by atoms with E-state index in [1.54, 1.807) is 18.3 Å². The minimum absolute atomic E-state index is 0.267. The van der Waals surface area contributed by atoms with Gasteiger partial charge in [-0.15, -0.1) is 0 Å². The Balaban J connectivity index is 1.50. The molecular formula is C16H21N5O3. The van der Waals surface area contributed by atoms with Crippen molar-refractivity contribution in [3.05, 3.63) is 36.8 Å². The highest BCUT2D eigenvalue weighted by molar-refractivity contribution is 5.89. The molecule has 1 fully saturated rings. The largest absolute Gasteiger partial charge is 0.481 e. The number of nitrogens with zero attached hydrogens (tertiary/aromatic N) is 3. The number of ether oxygens (including phenoxy) is 1. The first kappa shape index (κ1) is 16.3. The molecule has 2 heterocycles. The van der Waals surface area contributed by atoms with Crippen molar-refractivity contribution in [3.8, 4) is 5.88 Å². The maximum atomic E-state index is 12.1. The van der Waals surface area contributed by atoms with Gasteiger partial charge in [0.2, 0.25) is 5.88 Å². The van der Waals surface area contributed by atoms with Gasteiger partial charge in [0.05, 0.1) is 31.1 Å². The van der Waals surface area contributed by atoms with Gasteiger partial charge in [0.15, 0.2) is 0 Å². The molecule has 24 heavy (non-hydrogen) atoms. The van der Waals surface area contributed by atoms with Crippen molar-refractivity contribution in [1.82, 2.24) is 20.1 Å². The van der Waals surface area contributed by atoms with E-state index in [0.29, 0.717) is 18.0 Å². The Bertz CT molecular complexity index is 659. The van der Waals surface area contributed by atoms with Crippen molar-refractivity contribution in [2.45, 2.75) is 31.5 Å². The third kappa shape index (κ3) is 4.02. The summed E-state index contributed by atoms with van der Waals surface area (Å²) < 4.78 is 6.82. The number of anilines is 1. The van der Waals surface area contributed by atoms with Crippen molar-refractivity contribution in [2.24, 2.45) is 5.92 Å². The van der Waals surface area contributed by atoms with Gasteiger partial charge >= 0.3 is 6.03 Å². The Morgan fingerprint density at radius 3 is 3.00 bits per heavy atom. The predicted molar refractivity (Wildman–Crippen MR) is 87.7 cm³/mol. The Kier molecular flexibility index (Phi) is 4.95. The number of pyridine rings is 1. The normalized spacial score (nSPS) is 23.0. The van der Waals surface area contributed by atoms with Gasteiger partial charge in [0, 0.05) is 25.0 Å². The van der Waals surface area contributed by atoms with Gasteiger partial charge in [-0.2, -0.15) is 5.10 Å². The lowest BCUT2D eigenvalue weighted by Gasteiger charge is -2.17. The van der Waals surface area contributed by atoms with Gasteiger partial charge in [0.25, 0.3) is 0 Å². The van der Waals surface area contributed by atoms with Crippen LogP contribution in [0.4, 0.5) is 10.5 Å². The van der Waals surface area contributed by atoms with Gasteiger partial charge < -0.3 is 20.5 Å². The number of hydrogen-bond donors (Lipinski definition) is 3. The molecule has 0 bridgehead atoms. The second-order valence-corrected chi connectivity index (χ2v) is 5.93. The van der Waals surface area contributed by atoms with E-state index in [1.165, 1.54) is 13.3 Å². The third-order valence-electron chi connectivity index (χ3n) is 4.15. The van der Waals surface area contributed by atoms with Crippen LogP contribution in [0.1, 0.15) is 12.8 Å². The van der Waals surface area contributed by atoms with Crippen molar-refractivity contribution >= 4 is 11.7 Å². The number of nitrogens with one attached hydrogen (secondary N) is 2. The second kappa shape index (κ2) is 7.31. The van der Waals surface area contributed by atoms with Crippen LogP contribution >= 0.6 is 0 Å². The fourth-order valence-corrected chi connectivity index (χ4v) is 3.01. The molecule has 3 atom stereocenters. The van der Waals surface area contributed by atoms with Crippen LogP contribution in [0, 0.1) is 5.92 Å². The molecule has 0 saturated heterocycles. The SMILES string of the molecule is COc1ccc(NC(=O)N[C@@H]2CC(Cn3cccn3)C[C@H]2O)cn1. The van der Waals surface area contributed by atoms with Crippen LogP contribution in [0.25, 0.3) is 0 Å². The zero-order valence-corrected chi connectivity index (χ0v) is 13.4. The van der Waals surface area contributed by atoms with Crippen LogP contribution in [0.3, 0.4) is 0 Å². The fourth-order valence-electron chi connectivity index (χ4n) is 3.01. The molecule has 1 unspecified atom stereocenters. The number of urea groups is 1. The molecule has 2 aromatic heterocycles. The van der Waals surface area contributed by atoms with Crippen molar-refractivity contribution in [2.75, 3.05) is 12.4 Å². The first-order valence-corrected chi connectivity index (χ1v) is 7.87. The monoisotopic (exact) mass is 331 g/mol. The van der Waals surface area contributed by atoms with Crippen LogP contribution < -0.4 is 15.4 Å². The standard InChI is InChI=1S/C16H21N5O3/c1-24-15-4-3-12(9-17-15)19-16(23)20-13-7-11(8-14(13)22)10-21-6-2-5-18-21/h2-6,9,11,13-14,22H,7-8,10H2,1H3,(H2,19,20,23)/t11?,13-,14-/m1/s1. The number of methoxy groups -OCH3 is 1. The number of hydrogen-bond acceptors (Lipinski definition) is 5. The number of aliphatic hydroxyl groups is 1. The lowest BCUT2D eigenvalue weighted by atomic mass is 10.1. The number of aliphatic hydroxyl groups excluding tert-OH is 1. The number of amides is 2. The Hall–Kier alpha value is -2.61. The summed E-state index contributed by atoms with van der Waals surface area (Å²) in [7, 11) is 1.53. The van der Waals surface area contributed by atoms with E-state index in [1.807, 2.05) is 16.9 Å². The van der Waals surface area contributed by atoms with Crippen LogP contribution in [0.5, 0.6) is 5.88 Å². The molecular weight excluding hydrogens is 310 g/mol. The predicted octanol–water partition coefficient (Wildman–Crippen LogP) is 1.25. The average molecular weight is 331 g/mol. The third-order valence-corrected chi connectivity index (χ3v) is 4.15. The molecule has 2 aromatic rings. The highest BCUT2D eigenvalue weighted by atomic mass is 16.5. The lowest BCUT2D eigenvalue weighted by molar-refractivity contribution is 0.148. The maximum Gasteiger partial charge on any atom is 0.319 e. The summed E-state index contributed by atoms with van der Waals surface area (Å²) in [5, 5.41) is 19.9. The van der Waals surface area contributed by atoms with Gasteiger partial charge in [-0.05, 0) is 30.9 Å². The summed E-state index contributed by atoms with van der Waals surface area (Å²) in [6, 6.07) is 4.62. The van der Waals surface area contributed by atoms with Gasteiger partial charge in [-0.25, -0.2) is 9.78 Å². The first-order valence-electron chi connectivity index (χ1n) is 7.87. The van der Waals surface area contributed by atoms with Crippen molar-refractivity contribution < 1.29 is 14.6 Å². The van der Waals surface area contributed by atoms with E-state index in [2.05, 4.69) is 20.7 Å². The molecule has 0 radical (unpaired) electrons. The molecule has 128 valence electrons. The Morgan fingerprint density at radius 2 is 2.33 bits per heavy atom. The number of carbonyl (C=O) groups is 1. The molecule has 8 nitrogen and oxygen atoms in total. The molecule has 1 aliphatic rings. The Morgan fingerprint density at radius 1 is 1.46 bits per heavy atom. The van der Waals surface area contributed by atoms with Crippen LogP contribution in [-0.2, 0) is 6.54 Å². The van der Waals surface area contributed by atoms with E-state index < -0.39 is 6.10 Å². The van der Waals surface area contributed by atoms with Gasteiger partial charge in [0.1, 0.15) is 0 Å².